The van der Waals surface area contributed by atoms with E-state index >= 15 is 0 Å². The molecule has 2 aromatic rings. The van der Waals surface area contributed by atoms with Gasteiger partial charge < -0.3 is 10.2 Å². The fraction of sp³-hybridized carbons (Fsp3) is 0.389. The Labute approximate surface area is 162 Å². The summed E-state index contributed by atoms with van der Waals surface area (Å²) in [5.74, 6) is -0.0361. The van der Waals surface area contributed by atoms with Crippen molar-refractivity contribution in [3.63, 3.8) is 0 Å². The monoisotopic (exact) mass is 397 g/mol. The van der Waals surface area contributed by atoms with Crippen molar-refractivity contribution in [1.82, 2.24) is 15.1 Å². The first kappa shape index (κ1) is 18.7. The first-order valence-corrected chi connectivity index (χ1v) is 9.73. The third-order valence-electron chi connectivity index (χ3n) is 4.46. The van der Waals surface area contributed by atoms with Gasteiger partial charge in [0.25, 0.3) is 5.91 Å². The number of nitrogens with one attached hydrogen (secondary N) is 1. The molecule has 1 amide bonds. The van der Waals surface area contributed by atoms with Gasteiger partial charge in [0.2, 0.25) is 0 Å². The molecular formula is C18H21Cl2N3OS. The van der Waals surface area contributed by atoms with E-state index in [0.29, 0.717) is 27.5 Å². The SMILES string of the molecule is CN1CCN(C)C(CNC(=O)c2ccc(-c3cc(Cl)cc(Cl)c3)s2)C1. The van der Waals surface area contributed by atoms with Gasteiger partial charge in [-0.3, -0.25) is 9.69 Å². The van der Waals surface area contributed by atoms with E-state index in [9.17, 15) is 4.79 Å². The van der Waals surface area contributed by atoms with Crippen LogP contribution in [-0.2, 0) is 0 Å². The minimum absolute atomic E-state index is 0.0361. The van der Waals surface area contributed by atoms with E-state index in [1.807, 2.05) is 24.3 Å². The van der Waals surface area contributed by atoms with Crippen molar-refractivity contribution >= 4 is 40.4 Å². The fourth-order valence-corrected chi connectivity index (χ4v) is 4.37. The van der Waals surface area contributed by atoms with Crippen LogP contribution in [0.15, 0.2) is 30.3 Å². The molecule has 1 aromatic carbocycles. The Morgan fingerprint density at radius 1 is 1.20 bits per heavy atom. The van der Waals surface area contributed by atoms with Crippen LogP contribution in [-0.4, -0.2) is 62.0 Å². The number of carbonyl (C=O) groups excluding carboxylic acids is 1. The van der Waals surface area contributed by atoms with Gasteiger partial charge in [-0.2, -0.15) is 0 Å². The first-order chi connectivity index (χ1) is 11.9. The van der Waals surface area contributed by atoms with Crippen molar-refractivity contribution in [2.24, 2.45) is 0 Å². The maximum Gasteiger partial charge on any atom is 0.261 e. The molecule has 0 saturated carbocycles. The zero-order valence-corrected chi connectivity index (χ0v) is 16.6. The van der Waals surface area contributed by atoms with Crippen LogP contribution >= 0.6 is 34.5 Å². The number of carbonyl (C=O) groups is 1. The molecule has 0 radical (unpaired) electrons. The highest BCUT2D eigenvalue weighted by Crippen LogP contribution is 2.32. The molecule has 7 heteroatoms. The summed E-state index contributed by atoms with van der Waals surface area (Å²) in [7, 11) is 4.22. The molecule has 25 heavy (non-hydrogen) atoms. The fourth-order valence-electron chi connectivity index (χ4n) is 2.93. The van der Waals surface area contributed by atoms with Crippen LogP contribution in [0, 0.1) is 0 Å². The number of piperazine rings is 1. The van der Waals surface area contributed by atoms with Gasteiger partial charge in [0.15, 0.2) is 0 Å². The van der Waals surface area contributed by atoms with Gasteiger partial charge in [0.05, 0.1) is 4.88 Å². The van der Waals surface area contributed by atoms with Crippen LogP contribution in [0.3, 0.4) is 0 Å². The summed E-state index contributed by atoms with van der Waals surface area (Å²) in [5.41, 5.74) is 0.926. The Hall–Kier alpha value is -1.11. The molecule has 0 aliphatic carbocycles. The zero-order chi connectivity index (χ0) is 18.0. The van der Waals surface area contributed by atoms with E-state index < -0.39 is 0 Å². The summed E-state index contributed by atoms with van der Waals surface area (Å²) in [6.45, 7) is 3.70. The smallest absolute Gasteiger partial charge is 0.261 e. The van der Waals surface area contributed by atoms with E-state index in [1.165, 1.54) is 11.3 Å². The Balaban J connectivity index is 1.64. The first-order valence-electron chi connectivity index (χ1n) is 8.15. The number of hydrogen-bond donors (Lipinski definition) is 1. The van der Waals surface area contributed by atoms with Crippen molar-refractivity contribution in [3.8, 4) is 10.4 Å². The van der Waals surface area contributed by atoms with Gasteiger partial charge in [0.1, 0.15) is 0 Å². The minimum atomic E-state index is -0.0361. The third kappa shape index (κ3) is 4.74. The normalized spacial score (nSPS) is 19.1. The van der Waals surface area contributed by atoms with Gasteiger partial charge in [0, 0.05) is 47.1 Å². The molecule has 3 rings (SSSR count). The quantitative estimate of drug-likeness (QED) is 0.853. The molecule has 1 unspecified atom stereocenters. The number of thiophene rings is 1. The highest BCUT2D eigenvalue weighted by atomic mass is 35.5. The van der Waals surface area contributed by atoms with Gasteiger partial charge in [-0.05, 0) is 50.0 Å². The average Bonchev–Trinajstić information content (AvgIpc) is 3.04. The molecular weight excluding hydrogens is 377 g/mol. The van der Waals surface area contributed by atoms with Crippen LogP contribution in [0.4, 0.5) is 0 Å². The summed E-state index contributed by atoms with van der Waals surface area (Å²) in [6, 6.07) is 9.53. The van der Waals surface area contributed by atoms with Crippen molar-refractivity contribution in [1.29, 1.82) is 0 Å². The Kier molecular flexibility index (Phi) is 6.02. The van der Waals surface area contributed by atoms with Crippen molar-refractivity contribution in [2.75, 3.05) is 40.3 Å². The average molecular weight is 398 g/mol. The highest BCUT2D eigenvalue weighted by Gasteiger charge is 2.23. The van der Waals surface area contributed by atoms with Gasteiger partial charge >= 0.3 is 0 Å². The standard InChI is InChI=1S/C18H21Cl2N3OS/c1-22-5-6-23(2)15(11-22)10-21-18(24)17-4-3-16(25-17)12-7-13(19)9-14(20)8-12/h3-4,7-9,15H,5-6,10-11H2,1-2H3,(H,21,24). The maximum atomic E-state index is 12.5. The van der Waals surface area contributed by atoms with Gasteiger partial charge in [-0.1, -0.05) is 23.2 Å². The zero-order valence-electron chi connectivity index (χ0n) is 14.3. The van der Waals surface area contributed by atoms with Crippen LogP contribution < -0.4 is 5.32 Å². The van der Waals surface area contributed by atoms with Gasteiger partial charge in [-0.15, -0.1) is 11.3 Å². The molecule has 134 valence electrons. The molecule has 1 aromatic heterocycles. The molecule has 0 spiro atoms. The molecule has 0 bridgehead atoms. The Morgan fingerprint density at radius 2 is 1.92 bits per heavy atom. The van der Waals surface area contributed by atoms with Gasteiger partial charge in [-0.25, -0.2) is 0 Å². The van der Waals surface area contributed by atoms with Crippen LogP contribution in [0.1, 0.15) is 9.67 Å². The van der Waals surface area contributed by atoms with Crippen LogP contribution in [0.5, 0.6) is 0 Å². The second kappa shape index (κ2) is 8.06. The highest BCUT2D eigenvalue weighted by molar-refractivity contribution is 7.17. The van der Waals surface area contributed by atoms with Crippen molar-refractivity contribution in [2.45, 2.75) is 6.04 Å². The second-order valence-electron chi connectivity index (χ2n) is 6.43. The lowest BCUT2D eigenvalue weighted by Gasteiger charge is -2.37. The van der Waals surface area contributed by atoms with E-state index in [0.717, 1.165) is 30.1 Å². The van der Waals surface area contributed by atoms with E-state index in [4.69, 9.17) is 23.2 Å². The molecule has 1 N–H and O–H groups in total. The summed E-state index contributed by atoms with van der Waals surface area (Å²) >= 11 is 13.6. The molecule has 1 saturated heterocycles. The van der Waals surface area contributed by atoms with Crippen molar-refractivity contribution < 1.29 is 4.79 Å². The van der Waals surface area contributed by atoms with E-state index in [-0.39, 0.29) is 5.91 Å². The lowest BCUT2D eigenvalue weighted by Crippen LogP contribution is -2.54. The summed E-state index contributed by atoms with van der Waals surface area (Å²) in [4.78, 5) is 18.7. The van der Waals surface area contributed by atoms with E-state index in [2.05, 4.69) is 29.2 Å². The lowest BCUT2D eigenvalue weighted by molar-refractivity contribution is 0.0884. The molecule has 1 atom stereocenters. The largest absolute Gasteiger partial charge is 0.350 e. The topological polar surface area (TPSA) is 35.6 Å². The molecule has 4 nitrogen and oxygen atoms in total. The van der Waals surface area contributed by atoms with Crippen LogP contribution in [0.25, 0.3) is 10.4 Å². The summed E-state index contributed by atoms with van der Waals surface area (Å²) in [5, 5.41) is 4.24. The van der Waals surface area contributed by atoms with E-state index in [1.54, 1.807) is 6.07 Å². The van der Waals surface area contributed by atoms with Crippen LogP contribution in [0.2, 0.25) is 10.0 Å². The number of rotatable bonds is 4. The molecule has 1 fully saturated rings. The van der Waals surface area contributed by atoms with Crippen molar-refractivity contribution in [3.05, 3.63) is 45.3 Å². The number of benzene rings is 1. The number of likely N-dealkylation sites (N-methyl/N-ethyl adjacent to an activating group) is 2. The second-order valence-corrected chi connectivity index (χ2v) is 8.39. The predicted molar refractivity (Wildman–Crippen MR) is 106 cm³/mol. The number of halogens is 2. The Morgan fingerprint density at radius 3 is 2.64 bits per heavy atom. The summed E-state index contributed by atoms with van der Waals surface area (Å²) in [6.07, 6.45) is 0. The molecule has 1 aliphatic heterocycles. The summed E-state index contributed by atoms with van der Waals surface area (Å²) < 4.78 is 0. The third-order valence-corrected chi connectivity index (χ3v) is 6.02. The predicted octanol–water partition coefficient (Wildman–Crippen LogP) is 3.70. The molecule has 2 heterocycles. The number of amides is 1. The molecule has 1 aliphatic rings. The lowest BCUT2D eigenvalue weighted by atomic mass is 10.2. The number of nitrogens with zero attached hydrogens (tertiary/aromatic N) is 2. The Bertz CT molecular complexity index is 744. The number of hydrogen-bond acceptors (Lipinski definition) is 4. The maximum absolute atomic E-state index is 12.5. The minimum Gasteiger partial charge on any atom is -0.350 e.